The Labute approximate surface area is 391 Å². The molecule has 5 aliphatic rings. The van der Waals surface area contributed by atoms with Crippen LogP contribution in [0.25, 0.3) is 81.0 Å². The van der Waals surface area contributed by atoms with Gasteiger partial charge in [-0.1, -0.05) is 133 Å². The number of fused-ring (bicyclic) bond motifs is 20. The van der Waals surface area contributed by atoms with Crippen LogP contribution in [-0.4, -0.2) is 11.4 Å². The minimum absolute atomic E-state index is 0.0404. The predicted molar refractivity (Wildman–Crippen MR) is 283 cm³/mol. The van der Waals surface area contributed by atoms with E-state index in [1.54, 1.807) is 5.56 Å². The quantitative estimate of drug-likeness (QED) is 0.149. The van der Waals surface area contributed by atoms with Crippen molar-refractivity contribution >= 4 is 82.5 Å². The Bertz CT molecular complexity index is 3870. The molecule has 0 radical (unpaired) electrons. The molecule has 2 nitrogen and oxygen atoms in total. The van der Waals surface area contributed by atoms with Gasteiger partial charge in [0.1, 0.15) is 0 Å². The smallest absolute Gasteiger partial charge is 0.333 e. The highest BCUT2D eigenvalue weighted by atomic mass is 32.1. The van der Waals surface area contributed by atoms with Gasteiger partial charge in [-0.15, -0.1) is 11.3 Å². The summed E-state index contributed by atoms with van der Waals surface area (Å²) in [4.78, 5) is 2.78. The Morgan fingerprint density at radius 2 is 1.26 bits per heavy atom. The van der Waals surface area contributed by atoms with Crippen LogP contribution in [0, 0.1) is 0 Å². The highest BCUT2D eigenvalue weighted by Crippen LogP contribution is 2.60. The van der Waals surface area contributed by atoms with Crippen LogP contribution in [0.15, 0.2) is 133 Å². The molecular formula is C62H51BN2S. The third-order valence-corrected chi connectivity index (χ3v) is 18.2. The van der Waals surface area contributed by atoms with E-state index in [9.17, 15) is 0 Å². The number of rotatable bonds is 1. The standard InChI is InChI=1S/C62H51BN2S/c1-60(2,3)36-24-26-37(27-25-36)65-50-31-42-39-19-12-15-23-52(39)66-53(42)32-44(50)56-57-54(40-20-11-14-22-46(40)62(57,6)7)55-43-28-34-16-8-9-17-35(34)29-49(43)64-51-30-41-38-18-10-13-21-45(38)61(4,5)47(41)33-48(51)63(65)58(56)59(55)64/h10-15,18-33H,8-9,16-17H2,1-7H3. The van der Waals surface area contributed by atoms with Gasteiger partial charge in [-0.3, -0.25) is 0 Å². The van der Waals surface area contributed by atoms with Crippen molar-refractivity contribution in [3.8, 4) is 39.1 Å². The molecule has 3 aliphatic carbocycles. The van der Waals surface area contributed by atoms with E-state index in [1.807, 2.05) is 11.3 Å². The maximum atomic E-state index is 2.78. The van der Waals surface area contributed by atoms with E-state index in [-0.39, 0.29) is 23.1 Å². The number of thiophene rings is 1. The van der Waals surface area contributed by atoms with Crippen molar-refractivity contribution in [3.05, 3.63) is 172 Å². The molecule has 4 heteroatoms. The molecule has 0 bridgehead atoms. The van der Waals surface area contributed by atoms with Crippen LogP contribution < -0.4 is 15.7 Å². The zero-order valence-corrected chi connectivity index (χ0v) is 39.7. The zero-order valence-electron chi connectivity index (χ0n) is 38.9. The third-order valence-electron chi connectivity index (χ3n) is 17.0. The van der Waals surface area contributed by atoms with Gasteiger partial charge in [0.25, 0.3) is 0 Å². The van der Waals surface area contributed by atoms with Crippen LogP contribution >= 0.6 is 11.3 Å². The number of benzene rings is 8. The Hall–Kier alpha value is -6.36. The lowest BCUT2D eigenvalue weighted by atomic mass is 9.43. The van der Waals surface area contributed by atoms with E-state index in [2.05, 4.69) is 191 Å². The molecule has 0 spiro atoms. The molecule has 10 aromatic rings. The van der Waals surface area contributed by atoms with Gasteiger partial charge in [-0.05, 0) is 157 Å². The summed E-state index contributed by atoms with van der Waals surface area (Å²) in [5.41, 5.74) is 27.8. The molecule has 2 aromatic heterocycles. The zero-order chi connectivity index (χ0) is 44.3. The van der Waals surface area contributed by atoms with Crippen LogP contribution in [0.5, 0.6) is 0 Å². The van der Waals surface area contributed by atoms with Gasteiger partial charge in [0.05, 0.1) is 11.0 Å². The Morgan fingerprint density at radius 3 is 2.03 bits per heavy atom. The van der Waals surface area contributed by atoms with Gasteiger partial charge in [0.2, 0.25) is 0 Å². The highest BCUT2D eigenvalue weighted by molar-refractivity contribution is 7.25. The fourth-order valence-electron chi connectivity index (χ4n) is 13.9. The van der Waals surface area contributed by atoms with Crippen molar-refractivity contribution in [2.75, 3.05) is 4.81 Å². The molecule has 0 atom stereocenters. The molecular weight excluding hydrogens is 816 g/mol. The molecule has 2 aliphatic heterocycles. The van der Waals surface area contributed by atoms with Crippen LogP contribution in [0.2, 0.25) is 0 Å². The summed E-state index contributed by atoms with van der Waals surface area (Å²) in [5.74, 6) is 0. The van der Waals surface area contributed by atoms with Crippen molar-refractivity contribution in [2.45, 2.75) is 90.4 Å². The van der Waals surface area contributed by atoms with Crippen molar-refractivity contribution in [2.24, 2.45) is 0 Å². The fourth-order valence-corrected chi connectivity index (χ4v) is 15.0. The van der Waals surface area contributed by atoms with Crippen molar-refractivity contribution in [1.82, 2.24) is 4.57 Å². The minimum atomic E-state index is -0.232. The van der Waals surface area contributed by atoms with Crippen LogP contribution in [0.1, 0.15) is 100 Å². The summed E-state index contributed by atoms with van der Waals surface area (Å²) >= 11 is 1.94. The highest BCUT2D eigenvalue weighted by Gasteiger charge is 2.51. The van der Waals surface area contributed by atoms with E-state index in [0.29, 0.717) is 0 Å². The maximum Gasteiger partial charge on any atom is 0.333 e. The second-order valence-electron chi connectivity index (χ2n) is 22.3. The largest absolute Gasteiger partial charge is 0.376 e. The summed E-state index contributed by atoms with van der Waals surface area (Å²) in [7, 11) is 0. The molecule has 0 unspecified atom stereocenters. The van der Waals surface area contributed by atoms with E-state index in [0.717, 1.165) is 12.8 Å². The normalized spacial score (nSPS) is 16.7. The first kappa shape index (κ1) is 37.8. The average molecular weight is 867 g/mol. The number of hydrogen-bond donors (Lipinski definition) is 0. The van der Waals surface area contributed by atoms with Crippen LogP contribution in [0.3, 0.4) is 0 Å². The van der Waals surface area contributed by atoms with Crippen LogP contribution in [0.4, 0.5) is 11.4 Å². The van der Waals surface area contributed by atoms with Crippen LogP contribution in [-0.2, 0) is 29.1 Å². The molecule has 8 aromatic carbocycles. The number of anilines is 2. The first-order valence-electron chi connectivity index (χ1n) is 24.3. The summed E-state index contributed by atoms with van der Waals surface area (Å²) in [6, 6.07) is 53.1. The molecule has 318 valence electrons. The van der Waals surface area contributed by atoms with Crippen molar-refractivity contribution in [3.63, 3.8) is 0 Å². The average Bonchev–Trinajstić information content (AvgIpc) is 3.99. The first-order valence-corrected chi connectivity index (χ1v) is 25.2. The first-order chi connectivity index (χ1) is 31.9. The topological polar surface area (TPSA) is 8.17 Å². The Balaban J connectivity index is 1.19. The second-order valence-corrected chi connectivity index (χ2v) is 23.4. The van der Waals surface area contributed by atoms with E-state index >= 15 is 0 Å². The van der Waals surface area contributed by atoms with Crippen molar-refractivity contribution < 1.29 is 0 Å². The lowest BCUT2D eigenvalue weighted by Crippen LogP contribution is -2.61. The summed E-state index contributed by atoms with van der Waals surface area (Å²) in [5, 5.41) is 5.54. The van der Waals surface area contributed by atoms with Gasteiger partial charge in [-0.2, -0.15) is 0 Å². The predicted octanol–water partition coefficient (Wildman–Crippen LogP) is 15.2. The lowest BCUT2D eigenvalue weighted by molar-refractivity contribution is 0.590. The number of aryl methyl sites for hydroxylation is 2. The SMILES string of the molecule is CC(C)(C)c1ccc(N2B3c4cc5c(cc4-n4c6cc7c(cc6c6c8c(c(c3c64)-c3cc4sc6ccccc6c4cc32)C(C)(C)c2ccccc2-8)CCCC7)-c2ccccc2C5(C)C)cc1. The van der Waals surface area contributed by atoms with E-state index in [4.69, 9.17) is 0 Å². The Morgan fingerprint density at radius 1 is 0.561 bits per heavy atom. The molecule has 0 fully saturated rings. The fraction of sp³-hybridized carbons (Fsp3) is 0.226. The summed E-state index contributed by atoms with van der Waals surface area (Å²) in [6.45, 7) is 16.9. The van der Waals surface area contributed by atoms with Gasteiger partial charge in [-0.25, -0.2) is 0 Å². The molecule has 4 heterocycles. The number of hydrogen-bond acceptors (Lipinski definition) is 2. The monoisotopic (exact) mass is 866 g/mol. The van der Waals surface area contributed by atoms with Gasteiger partial charge < -0.3 is 9.38 Å². The molecule has 0 N–H and O–H groups in total. The third kappa shape index (κ3) is 4.55. The number of nitrogens with zero attached hydrogens (tertiary/aromatic N) is 2. The summed E-state index contributed by atoms with van der Waals surface area (Å²) < 4.78 is 5.47. The maximum absolute atomic E-state index is 2.78. The number of aromatic nitrogens is 1. The molecule has 0 saturated carbocycles. The molecule has 0 saturated heterocycles. The minimum Gasteiger partial charge on any atom is -0.376 e. The van der Waals surface area contributed by atoms with Gasteiger partial charge in [0, 0.05) is 64.4 Å². The van der Waals surface area contributed by atoms with Gasteiger partial charge in [0.15, 0.2) is 0 Å². The van der Waals surface area contributed by atoms with E-state index in [1.165, 1.54) is 150 Å². The second kappa shape index (κ2) is 12.3. The molecule has 15 rings (SSSR count). The van der Waals surface area contributed by atoms with Gasteiger partial charge >= 0.3 is 6.85 Å². The Kier molecular flexibility index (Phi) is 7.07. The van der Waals surface area contributed by atoms with Crippen molar-refractivity contribution in [1.29, 1.82) is 0 Å². The van der Waals surface area contributed by atoms with E-state index < -0.39 is 0 Å². The lowest BCUT2D eigenvalue weighted by Gasteiger charge is -2.44. The molecule has 66 heavy (non-hydrogen) atoms. The molecule has 0 amide bonds. The summed E-state index contributed by atoms with van der Waals surface area (Å²) in [6.07, 6.45) is 4.83.